The van der Waals surface area contributed by atoms with E-state index in [2.05, 4.69) is 0 Å². The first-order valence-corrected chi connectivity index (χ1v) is 7.12. The van der Waals surface area contributed by atoms with Crippen molar-refractivity contribution in [1.29, 1.82) is 0 Å². The Morgan fingerprint density at radius 2 is 2.11 bits per heavy atom. The van der Waals surface area contributed by atoms with Gasteiger partial charge in [0.1, 0.15) is 11.2 Å². The molecule has 5 nitrogen and oxygen atoms in total. The monoisotopic (exact) mass is 269 g/mol. The number of nitrogens with zero attached hydrogens (tertiary/aromatic N) is 1. The Hall–Kier alpha value is -1.26. The largest absolute Gasteiger partial charge is 0.457 e. The second-order valence-corrected chi connectivity index (χ2v) is 5.85. The van der Waals surface area contributed by atoms with E-state index in [1.165, 1.54) is 0 Å². The van der Waals surface area contributed by atoms with Crippen LogP contribution >= 0.6 is 0 Å². The van der Waals surface area contributed by atoms with E-state index in [0.29, 0.717) is 25.9 Å². The van der Waals surface area contributed by atoms with Crippen molar-refractivity contribution in [3.8, 4) is 0 Å². The Balaban J connectivity index is 1.94. The minimum atomic E-state index is -0.440. The molecule has 1 amide bonds. The molecule has 2 rings (SSSR count). The molecule has 2 aliphatic heterocycles. The highest BCUT2D eigenvalue weighted by Crippen LogP contribution is 2.36. The number of ether oxygens (including phenoxy) is 2. The van der Waals surface area contributed by atoms with E-state index in [9.17, 15) is 9.59 Å². The lowest BCUT2D eigenvalue weighted by Gasteiger charge is -2.30. The van der Waals surface area contributed by atoms with Crippen molar-refractivity contribution in [2.45, 2.75) is 64.1 Å². The van der Waals surface area contributed by atoms with Crippen molar-refractivity contribution >= 4 is 12.1 Å². The first kappa shape index (κ1) is 14.2. The summed E-state index contributed by atoms with van der Waals surface area (Å²) in [5.74, 6) is -0.151. The molecular formula is C14H23NO4. The molecule has 0 bridgehead atoms. The fraction of sp³-hybridized carbons (Fsp3) is 0.857. The Morgan fingerprint density at radius 1 is 1.42 bits per heavy atom. The predicted molar refractivity (Wildman–Crippen MR) is 69.7 cm³/mol. The van der Waals surface area contributed by atoms with Crippen LogP contribution in [0.25, 0.3) is 0 Å². The lowest BCUT2D eigenvalue weighted by molar-refractivity contribution is -0.147. The van der Waals surface area contributed by atoms with Crippen molar-refractivity contribution < 1.29 is 19.1 Å². The minimum Gasteiger partial charge on any atom is -0.457 e. The van der Waals surface area contributed by atoms with Crippen molar-refractivity contribution in [2.75, 3.05) is 13.1 Å². The number of hydrogen-bond acceptors (Lipinski definition) is 4. The summed E-state index contributed by atoms with van der Waals surface area (Å²) in [6.45, 7) is 7.06. The van der Waals surface area contributed by atoms with Gasteiger partial charge in [-0.25, -0.2) is 4.79 Å². The molecule has 0 radical (unpaired) electrons. The maximum atomic E-state index is 12.2. The quantitative estimate of drug-likeness (QED) is 0.739. The summed E-state index contributed by atoms with van der Waals surface area (Å²) < 4.78 is 11.0. The fourth-order valence-corrected chi connectivity index (χ4v) is 2.63. The minimum absolute atomic E-state index is 0.151. The van der Waals surface area contributed by atoms with Gasteiger partial charge in [0.2, 0.25) is 0 Å². The summed E-state index contributed by atoms with van der Waals surface area (Å²) in [6, 6.07) is 0. The first-order chi connectivity index (χ1) is 8.92. The van der Waals surface area contributed by atoms with Crippen LogP contribution in [-0.2, 0) is 14.3 Å². The first-order valence-electron chi connectivity index (χ1n) is 7.12. The Kier molecular flexibility index (Phi) is 3.74. The maximum absolute atomic E-state index is 12.2. The third kappa shape index (κ3) is 2.85. The van der Waals surface area contributed by atoms with Crippen LogP contribution in [0.15, 0.2) is 0 Å². The van der Waals surface area contributed by atoms with Gasteiger partial charge in [-0.1, -0.05) is 13.8 Å². The van der Waals surface area contributed by atoms with Gasteiger partial charge < -0.3 is 14.4 Å². The Morgan fingerprint density at radius 3 is 2.63 bits per heavy atom. The summed E-state index contributed by atoms with van der Waals surface area (Å²) >= 11 is 0. The lowest BCUT2D eigenvalue weighted by Crippen LogP contribution is -2.40. The standard InChI is InChI=1S/C14H23NO4/c1-4-13(3,5-2)19-12(17)15-9-8-14(10-15)7-6-11(16)18-14/h4-10H2,1-3H3. The molecule has 0 aromatic heterocycles. The van der Waals surface area contributed by atoms with Gasteiger partial charge in [-0.05, 0) is 26.2 Å². The van der Waals surface area contributed by atoms with Crippen LogP contribution in [0.4, 0.5) is 4.79 Å². The number of carbonyl (C=O) groups is 2. The van der Waals surface area contributed by atoms with Crippen molar-refractivity contribution in [3.63, 3.8) is 0 Å². The molecule has 1 atom stereocenters. The number of esters is 1. The molecule has 1 unspecified atom stereocenters. The second-order valence-electron chi connectivity index (χ2n) is 5.85. The van der Waals surface area contributed by atoms with Gasteiger partial charge in [0.15, 0.2) is 0 Å². The molecule has 108 valence electrons. The fourth-order valence-electron chi connectivity index (χ4n) is 2.63. The van der Waals surface area contributed by atoms with Crippen LogP contribution in [0.5, 0.6) is 0 Å². The zero-order chi connectivity index (χ0) is 14.1. The number of carbonyl (C=O) groups excluding carboxylic acids is 2. The molecule has 0 aromatic carbocycles. The van der Waals surface area contributed by atoms with Gasteiger partial charge in [-0.2, -0.15) is 0 Å². The summed E-state index contributed by atoms with van der Waals surface area (Å²) in [4.78, 5) is 25.1. The van der Waals surface area contributed by atoms with E-state index in [0.717, 1.165) is 19.3 Å². The maximum Gasteiger partial charge on any atom is 0.410 e. The van der Waals surface area contributed by atoms with Crippen LogP contribution in [0.1, 0.15) is 52.9 Å². The van der Waals surface area contributed by atoms with Crippen LogP contribution in [-0.4, -0.2) is 41.3 Å². The number of hydrogen-bond donors (Lipinski definition) is 0. The lowest BCUT2D eigenvalue weighted by atomic mass is 10.00. The second kappa shape index (κ2) is 5.02. The molecule has 5 heteroatoms. The molecule has 0 aromatic rings. The third-order valence-electron chi connectivity index (χ3n) is 4.52. The van der Waals surface area contributed by atoms with Gasteiger partial charge in [0.05, 0.1) is 6.54 Å². The van der Waals surface area contributed by atoms with Crippen molar-refractivity contribution in [2.24, 2.45) is 0 Å². The molecule has 2 fully saturated rings. The van der Waals surface area contributed by atoms with E-state index in [1.807, 2.05) is 20.8 Å². The van der Waals surface area contributed by atoms with E-state index >= 15 is 0 Å². The van der Waals surface area contributed by atoms with Gasteiger partial charge in [0, 0.05) is 19.4 Å². The SMILES string of the molecule is CCC(C)(CC)OC(=O)N1CCC2(CCC(=O)O2)C1. The highest BCUT2D eigenvalue weighted by Gasteiger charge is 2.48. The topological polar surface area (TPSA) is 55.8 Å². The molecule has 0 saturated carbocycles. The number of rotatable bonds is 3. The molecule has 0 aliphatic carbocycles. The molecule has 0 N–H and O–H groups in total. The third-order valence-corrected chi connectivity index (χ3v) is 4.52. The van der Waals surface area contributed by atoms with Crippen LogP contribution in [0.2, 0.25) is 0 Å². The highest BCUT2D eigenvalue weighted by molar-refractivity contribution is 5.73. The normalized spacial score (nSPS) is 26.9. The molecule has 2 heterocycles. The van der Waals surface area contributed by atoms with E-state index < -0.39 is 11.2 Å². The summed E-state index contributed by atoms with van der Waals surface area (Å²) in [5, 5.41) is 0. The zero-order valence-corrected chi connectivity index (χ0v) is 12.0. The predicted octanol–water partition coefficient (Wildman–Crippen LogP) is 2.48. The van der Waals surface area contributed by atoms with Gasteiger partial charge in [-0.15, -0.1) is 0 Å². The van der Waals surface area contributed by atoms with Crippen LogP contribution in [0.3, 0.4) is 0 Å². The average Bonchev–Trinajstić information content (AvgIpc) is 2.97. The molecule has 1 spiro atoms. The molecular weight excluding hydrogens is 246 g/mol. The average molecular weight is 269 g/mol. The van der Waals surface area contributed by atoms with E-state index in [-0.39, 0.29) is 12.1 Å². The smallest absolute Gasteiger partial charge is 0.410 e. The molecule has 2 aliphatic rings. The van der Waals surface area contributed by atoms with Gasteiger partial charge in [-0.3, -0.25) is 4.79 Å². The van der Waals surface area contributed by atoms with E-state index in [4.69, 9.17) is 9.47 Å². The van der Waals surface area contributed by atoms with Crippen LogP contribution in [0, 0.1) is 0 Å². The molecule has 2 saturated heterocycles. The zero-order valence-electron chi connectivity index (χ0n) is 12.0. The summed E-state index contributed by atoms with van der Waals surface area (Å²) in [6.07, 6.45) is 3.21. The number of amides is 1. The molecule has 19 heavy (non-hydrogen) atoms. The van der Waals surface area contributed by atoms with Gasteiger partial charge in [0.25, 0.3) is 0 Å². The number of likely N-dealkylation sites (tertiary alicyclic amines) is 1. The Labute approximate surface area is 114 Å². The van der Waals surface area contributed by atoms with Crippen molar-refractivity contribution in [1.82, 2.24) is 4.90 Å². The van der Waals surface area contributed by atoms with Crippen molar-refractivity contribution in [3.05, 3.63) is 0 Å². The summed E-state index contributed by atoms with van der Waals surface area (Å²) in [5.41, 5.74) is -0.843. The van der Waals surface area contributed by atoms with Crippen LogP contribution < -0.4 is 0 Å². The Bertz CT molecular complexity index is 378. The van der Waals surface area contributed by atoms with Gasteiger partial charge >= 0.3 is 12.1 Å². The van der Waals surface area contributed by atoms with E-state index in [1.54, 1.807) is 4.90 Å². The highest BCUT2D eigenvalue weighted by atomic mass is 16.6. The summed E-state index contributed by atoms with van der Waals surface area (Å²) in [7, 11) is 0.